The van der Waals surface area contributed by atoms with Crippen LogP contribution in [0.15, 0.2) is 39.8 Å². The standard InChI is InChI=1S/C16H21N3O3S/c1-13-17-15(18-22-13)16(11-7-2-3-8-12-16)19-23(20,21)14-9-5-4-6-10-14/h4-6,9-10,19H,2-3,7-8,11-12H2,1H3. The first-order chi connectivity index (χ1) is 11.0. The Hall–Kier alpha value is -1.73. The van der Waals surface area contributed by atoms with E-state index in [1.807, 2.05) is 0 Å². The van der Waals surface area contributed by atoms with Gasteiger partial charge in [-0.3, -0.25) is 0 Å². The van der Waals surface area contributed by atoms with Crippen molar-refractivity contribution in [2.24, 2.45) is 0 Å². The molecule has 6 nitrogen and oxygen atoms in total. The van der Waals surface area contributed by atoms with Crippen molar-refractivity contribution >= 4 is 10.0 Å². The maximum Gasteiger partial charge on any atom is 0.241 e. The van der Waals surface area contributed by atoms with Crippen LogP contribution in [0.3, 0.4) is 0 Å². The summed E-state index contributed by atoms with van der Waals surface area (Å²) in [5.41, 5.74) is -0.789. The molecular formula is C16H21N3O3S. The number of aromatic nitrogens is 2. The molecule has 0 bridgehead atoms. The van der Waals surface area contributed by atoms with Gasteiger partial charge in [0.1, 0.15) is 0 Å². The summed E-state index contributed by atoms with van der Waals surface area (Å²) in [6, 6.07) is 8.41. The van der Waals surface area contributed by atoms with E-state index in [9.17, 15) is 8.42 Å². The maximum absolute atomic E-state index is 12.8. The third-order valence-corrected chi connectivity index (χ3v) is 5.85. The molecule has 1 heterocycles. The van der Waals surface area contributed by atoms with E-state index in [0.717, 1.165) is 25.7 Å². The molecule has 2 aromatic rings. The van der Waals surface area contributed by atoms with Crippen LogP contribution in [0.4, 0.5) is 0 Å². The summed E-state index contributed by atoms with van der Waals surface area (Å²) in [7, 11) is -3.65. The molecule has 0 amide bonds. The van der Waals surface area contributed by atoms with Crippen LogP contribution >= 0.6 is 0 Å². The number of hydrogen-bond donors (Lipinski definition) is 1. The predicted molar refractivity (Wildman–Crippen MR) is 85.2 cm³/mol. The van der Waals surface area contributed by atoms with Crippen molar-refractivity contribution in [1.29, 1.82) is 0 Å². The monoisotopic (exact) mass is 335 g/mol. The van der Waals surface area contributed by atoms with Crippen molar-refractivity contribution in [3.8, 4) is 0 Å². The van der Waals surface area contributed by atoms with Gasteiger partial charge in [0.2, 0.25) is 15.9 Å². The second-order valence-electron chi connectivity index (χ2n) is 6.05. The van der Waals surface area contributed by atoms with Crippen molar-refractivity contribution in [2.45, 2.75) is 55.9 Å². The van der Waals surface area contributed by atoms with Crippen molar-refractivity contribution in [3.05, 3.63) is 42.0 Å². The molecule has 0 unspecified atom stereocenters. The van der Waals surface area contributed by atoms with Crippen molar-refractivity contribution in [2.75, 3.05) is 0 Å². The Bertz CT molecular complexity index is 748. The van der Waals surface area contributed by atoms with Crippen LogP contribution in [0, 0.1) is 6.92 Å². The lowest BCUT2D eigenvalue weighted by Gasteiger charge is -2.30. The summed E-state index contributed by atoms with van der Waals surface area (Å²) >= 11 is 0. The van der Waals surface area contributed by atoms with Gasteiger partial charge in [0.25, 0.3) is 0 Å². The highest BCUT2D eigenvalue weighted by Crippen LogP contribution is 2.36. The van der Waals surface area contributed by atoms with E-state index in [0.29, 0.717) is 24.6 Å². The molecule has 0 saturated heterocycles. The van der Waals surface area contributed by atoms with Gasteiger partial charge in [-0.25, -0.2) is 8.42 Å². The molecular weight excluding hydrogens is 314 g/mol. The van der Waals surface area contributed by atoms with E-state index in [-0.39, 0.29) is 4.90 Å². The van der Waals surface area contributed by atoms with E-state index in [4.69, 9.17) is 4.52 Å². The number of nitrogens with zero attached hydrogens (tertiary/aromatic N) is 2. The maximum atomic E-state index is 12.8. The Balaban J connectivity index is 1.99. The van der Waals surface area contributed by atoms with Gasteiger partial charge >= 0.3 is 0 Å². The number of hydrogen-bond acceptors (Lipinski definition) is 5. The zero-order valence-electron chi connectivity index (χ0n) is 13.2. The fraction of sp³-hybridized carbons (Fsp3) is 0.500. The molecule has 1 N–H and O–H groups in total. The van der Waals surface area contributed by atoms with Gasteiger partial charge in [-0.1, -0.05) is 49.0 Å². The molecule has 0 aliphatic heterocycles. The lowest BCUT2D eigenvalue weighted by molar-refractivity contribution is 0.301. The second kappa shape index (κ2) is 6.41. The van der Waals surface area contributed by atoms with Crippen LogP contribution in [0.5, 0.6) is 0 Å². The molecule has 7 heteroatoms. The number of benzene rings is 1. The minimum atomic E-state index is -3.65. The van der Waals surface area contributed by atoms with Crippen molar-refractivity contribution in [3.63, 3.8) is 0 Å². The fourth-order valence-corrected chi connectivity index (χ4v) is 4.56. The first kappa shape index (κ1) is 16.1. The average molecular weight is 335 g/mol. The van der Waals surface area contributed by atoms with Gasteiger partial charge in [-0.2, -0.15) is 9.71 Å². The van der Waals surface area contributed by atoms with Gasteiger partial charge in [-0.05, 0) is 25.0 Å². The molecule has 1 fully saturated rings. The average Bonchev–Trinajstić information content (AvgIpc) is 2.85. The number of nitrogens with one attached hydrogen (secondary N) is 1. The molecule has 1 saturated carbocycles. The normalized spacial score (nSPS) is 18.5. The summed E-state index contributed by atoms with van der Waals surface area (Å²) in [6.45, 7) is 1.71. The highest BCUT2D eigenvalue weighted by atomic mass is 32.2. The Morgan fingerprint density at radius 1 is 1.09 bits per heavy atom. The summed E-state index contributed by atoms with van der Waals surface area (Å²) in [6.07, 6.45) is 5.41. The van der Waals surface area contributed by atoms with Gasteiger partial charge in [-0.15, -0.1) is 0 Å². The number of rotatable bonds is 4. The molecule has 1 aromatic carbocycles. The highest BCUT2D eigenvalue weighted by molar-refractivity contribution is 7.89. The van der Waals surface area contributed by atoms with Gasteiger partial charge in [0, 0.05) is 6.92 Å². The van der Waals surface area contributed by atoms with Crippen LogP contribution < -0.4 is 4.72 Å². The molecule has 1 aliphatic rings. The lowest BCUT2D eigenvalue weighted by atomic mass is 9.91. The fourth-order valence-electron chi connectivity index (χ4n) is 3.11. The Labute approximate surface area is 136 Å². The minimum absolute atomic E-state index is 0.254. The zero-order chi connectivity index (χ0) is 16.3. The first-order valence-electron chi connectivity index (χ1n) is 7.92. The summed E-state index contributed by atoms with van der Waals surface area (Å²) in [4.78, 5) is 4.57. The van der Waals surface area contributed by atoms with Crippen LogP contribution in [0.25, 0.3) is 0 Å². The highest BCUT2D eigenvalue weighted by Gasteiger charge is 2.41. The van der Waals surface area contributed by atoms with E-state index < -0.39 is 15.6 Å². The van der Waals surface area contributed by atoms with Crippen molar-refractivity contribution in [1.82, 2.24) is 14.9 Å². The molecule has 3 rings (SSSR count). The van der Waals surface area contributed by atoms with E-state index in [2.05, 4.69) is 14.9 Å². The van der Waals surface area contributed by atoms with E-state index >= 15 is 0 Å². The summed E-state index contributed by atoms with van der Waals surface area (Å²) in [5, 5.41) is 4.02. The van der Waals surface area contributed by atoms with Crippen LogP contribution in [-0.4, -0.2) is 18.6 Å². The lowest BCUT2D eigenvalue weighted by Crippen LogP contribution is -2.46. The molecule has 124 valence electrons. The van der Waals surface area contributed by atoms with Gasteiger partial charge in [0.15, 0.2) is 5.82 Å². The molecule has 1 aromatic heterocycles. The summed E-state index contributed by atoms with van der Waals surface area (Å²) < 4.78 is 33.6. The van der Waals surface area contributed by atoms with Crippen LogP contribution in [-0.2, 0) is 15.6 Å². The number of sulfonamides is 1. The van der Waals surface area contributed by atoms with Gasteiger partial charge in [0.05, 0.1) is 10.4 Å². The number of aryl methyl sites for hydroxylation is 1. The first-order valence-corrected chi connectivity index (χ1v) is 9.40. The zero-order valence-corrected chi connectivity index (χ0v) is 14.0. The van der Waals surface area contributed by atoms with Crippen LogP contribution in [0.1, 0.15) is 50.2 Å². The molecule has 0 spiro atoms. The quantitative estimate of drug-likeness (QED) is 0.868. The minimum Gasteiger partial charge on any atom is -0.340 e. The molecule has 1 aliphatic carbocycles. The Morgan fingerprint density at radius 2 is 1.74 bits per heavy atom. The summed E-state index contributed by atoms with van der Waals surface area (Å²) in [5.74, 6) is 0.888. The Morgan fingerprint density at radius 3 is 2.30 bits per heavy atom. The van der Waals surface area contributed by atoms with Gasteiger partial charge < -0.3 is 4.52 Å². The third-order valence-electron chi connectivity index (χ3n) is 4.30. The van der Waals surface area contributed by atoms with Crippen molar-refractivity contribution < 1.29 is 12.9 Å². The third kappa shape index (κ3) is 3.45. The Kier molecular flexibility index (Phi) is 4.50. The largest absolute Gasteiger partial charge is 0.340 e. The van der Waals surface area contributed by atoms with E-state index in [1.54, 1.807) is 37.3 Å². The van der Waals surface area contributed by atoms with Crippen LogP contribution in [0.2, 0.25) is 0 Å². The smallest absolute Gasteiger partial charge is 0.241 e. The SMILES string of the molecule is Cc1nc(C2(NS(=O)(=O)c3ccccc3)CCCCCC2)no1. The topological polar surface area (TPSA) is 85.1 Å². The predicted octanol–water partition coefficient (Wildman–Crippen LogP) is 2.91. The molecule has 0 atom stereocenters. The molecule has 0 radical (unpaired) electrons. The second-order valence-corrected chi connectivity index (χ2v) is 7.73. The van der Waals surface area contributed by atoms with E-state index in [1.165, 1.54) is 0 Å². The molecule has 23 heavy (non-hydrogen) atoms.